The van der Waals surface area contributed by atoms with Crippen molar-refractivity contribution in [1.82, 2.24) is 5.32 Å². The number of nitrogens with one attached hydrogen (secondary N) is 1. The zero-order valence-corrected chi connectivity index (χ0v) is 11.4. The van der Waals surface area contributed by atoms with Crippen molar-refractivity contribution in [2.75, 3.05) is 13.2 Å². The Kier molecular flexibility index (Phi) is 4.62. The van der Waals surface area contributed by atoms with Crippen LogP contribution >= 0.6 is 0 Å². The molecule has 0 radical (unpaired) electrons. The van der Waals surface area contributed by atoms with E-state index in [-0.39, 0.29) is 5.91 Å². The topological polar surface area (TPSA) is 64.3 Å². The van der Waals surface area contributed by atoms with Gasteiger partial charge in [-0.05, 0) is 51.0 Å². The van der Waals surface area contributed by atoms with E-state index in [4.69, 9.17) is 10.5 Å². The van der Waals surface area contributed by atoms with Crippen LogP contribution < -0.4 is 11.1 Å². The number of carbonyl (C=O) groups excluding carboxylic acids is 1. The molecule has 0 spiro atoms. The molecule has 104 valence electrons. The van der Waals surface area contributed by atoms with E-state index in [0.29, 0.717) is 12.0 Å². The number of hydrogen-bond donors (Lipinski definition) is 2. The number of nitrogens with two attached hydrogens (primary N) is 1. The van der Waals surface area contributed by atoms with Crippen molar-refractivity contribution in [3.05, 3.63) is 0 Å². The molecule has 2 atom stereocenters. The fourth-order valence-corrected chi connectivity index (χ4v) is 3.34. The smallest absolute Gasteiger partial charge is 0.238 e. The van der Waals surface area contributed by atoms with Crippen LogP contribution in [0.25, 0.3) is 0 Å². The van der Waals surface area contributed by atoms with Crippen molar-refractivity contribution in [2.45, 2.75) is 63.5 Å². The molecular weight excluding hydrogens is 228 g/mol. The van der Waals surface area contributed by atoms with Crippen molar-refractivity contribution < 1.29 is 9.53 Å². The van der Waals surface area contributed by atoms with Gasteiger partial charge in [0, 0.05) is 6.61 Å². The summed E-state index contributed by atoms with van der Waals surface area (Å²) in [6.07, 6.45) is 8.20. The van der Waals surface area contributed by atoms with E-state index in [1.54, 1.807) is 0 Å². The summed E-state index contributed by atoms with van der Waals surface area (Å²) in [6, 6.07) is 0. The highest BCUT2D eigenvalue weighted by Crippen LogP contribution is 2.38. The van der Waals surface area contributed by atoms with Crippen LogP contribution in [0.5, 0.6) is 0 Å². The van der Waals surface area contributed by atoms with Crippen LogP contribution in [-0.4, -0.2) is 30.7 Å². The number of rotatable bonds is 7. The van der Waals surface area contributed by atoms with Gasteiger partial charge in [-0.3, -0.25) is 4.79 Å². The number of primary amides is 1. The third-order valence-electron chi connectivity index (χ3n) is 4.62. The molecule has 0 aliphatic heterocycles. The standard InChI is InChI=1S/C14H26N2O2/c1-2-16-14(13(15)17)9-4-5-11(14)8-10-18-12-6-3-7-12/h11-12,16H,2-10H2,1H3,(H2,15,17). The summed E-state index contributed by atoms with van der Waals surface area (Å²) >= 11 is 0. The molecule has 2 unspecified atom stereocenters. The molecule has 0 bridgehead atoms. The Labute approximate surface area is 110 Å². The molecule has 2 fully saturated rings. The van der Waals surface area contributed by atoms with E-state index >= 15 is 0 Å². The second-order valence-corrected chi connectivity index (χ2v) is 5.67. The van der Waals surface area contributed by atoms with E-state index in [0.717, 1.165) is 38.8 Å². The van der Waals surface area contributed by atoms with Crippen LogP contribution in [0.3, 0.4) is 0 Å². The van der Waals surface area contributed by atoms with Crippen molar-refractivity contribution in [3.8, 4) is 0 Å². The predicted octanol–water partition coefficient (Wildman–Crippen LogP) is 1.58. The molecule has 0 saturated heterocycles. The zero-order valence-electron chi connectivity index (χ0n) is 11.4. The Bertz CT molecular complexity index is 292. The molecule has 3 N–H and O–H groups in total. The summed E-state index contributed by atoms with van der Waals surface area (Å²) in [6.45, 7) is 3.60. The Hall–Kier alpha value is -0.610. The molecule has 4 heteroatoms. The van der Waals surface area contributed by atoms with Crippen LogP contribution in [-0.2, 0) is 9.53 Å². The lowest BCUT2D eigenvalue weighted by Crippen LogP contribution is -2.58. The number of likely N-dealkylation sites (N-methyl/N-ethyl adjacent to an activating group) is 1. The van der Waals surface area contributed by atoms with Gasteiger partial charge in [-0.1, -0.05) is 13.3 Å². The van der Waals surface area contributed by atoms with E-state index < -0.39 is 5.54 Å². The van der Waals surface area contributed by atoms with E-state index in [1.807, 2.05) is 6.92 Å². The zero-order chi connectivity index (χ0) is 13.0. The highest BCUT2D eigenvalue weighted by molar-refractivity contribution is 5.85. The highest BCUT2D eigenvalue weighted by Gasteiger charge is 2.46. The van der Waals surface area contributed by atoms with Gasteiger partial charge in [0.2, 0.25) is 5.91 Å². The molecular formula is C14H26N2O2. The minimum Gasteiger partial charge on any atom is -0.378 e. The van der Waals surface area contributed by atoms with Gasteiger partial charge >= 0.3 is 0 Å². The maximum absolute atomic E-state index is 11.8. The SMILES string of the molecule is CCNC1(C(N)=O)CCCC1CCOC1CCC1. The van der Waals surface area contributed by atoms with Crippen molar-refractivity contribution in [2.24, 2.45) is 11.7 Å². The normalized spacial score (nSPS) is 32.4. The lowest BCUT2D eigenvalue weighted by molar-refractivity contribution is -0.126. The fraction of sp³-hybridized carbons (Fsp3) is 0.929. The first-order valence-electron chi connectivity index (χ1n) is 7.35. The lowest BCUT2D eigenvalue weighted by Gasteiger charge is -2.34. The first kappa shape index (κ1) is 13.8. The summed E-state index contributed by atoms with van der Waals surface area (Å²) in [5, 5.41) is 3.34. The van der Waals surface area contributed by atoms with Gasteiger partial charge in [0.25, 0.3) is 0 Å². The average Bonchev–Trinajstić information content (AvgIpc) is 2.67. The minimum absolute atomic E-state index is 0.185. The van der Waals surface area contributed by atoms with E-state index in [2.05, 4.69) is 5.32 Å². The summed E-state index contributed by atoms with van der Waals surface area (Å²) in [7, 11) is 0. The molecule has 0 aromatic rings. The lowest BCUT2D eigenvalue weighted by atomic mass is 9.84. The van der Waals surface area contributed by atoms with Gasteiger partial charge in [-0.15, -0.1) is 0 Å². The van der Waals surface area contributed by atoms with Crippen LogP contribution in [0.4, 0.5) is 0 Å². The maximum Gasteiger partial charge on any atom is 0.238 e. The first-order valence-corrected chi connectivity index (χ1v) is 7.35. The molecule has 4 nitrogen and oxygen atoms in total. The summed E-state index contributed by atoms with van der Waals surface area (Å²) in [5.41, 5.74) is 5.16. The van der Waals surface area contributed by atoms with Gasteiger partial charge in [-0.2, -0.15) is 0 Å². The molecule has 2 saturated carbocycles. The molecule has 1 amide bonds. The highest BCUT2D eigenvalue weighted by atomic mass is 16.5. The van der Waals surface area contributed by atoms with Gasteiger partial charge < -0.3 is 15.8 Å². The molecule has 2 aliphatic carbocycles. The quantitative estimate of drug-likeness (QED) is 0.725. The van der Waals surface area contributed by atoms with Crippen molar-refractivity contribution in [3.63, 3.8) is 0 Å². The van der Waals surface area contributed by atoms with Crippen LogP contribution in [0.1, 0.15) is 51.9 Å². The van der Waals surface area contributed by atoms with Crippen molar-refractivity contribution >= 4 is 5.91 Å². The number of ether oxygens (including phenoxy) is 1. The predicted molar refractivity (Wildman–Crippen MR) is 71.2 cm³/mol. The number of carbonyl (C=O) groups is 1. The summed E-state index contributed by atoms with van der Waals surface area (Å²) < 4.78 is 5.81. The molecule has 0 aromatic carbocycles. The fourth-order valence-electron chi connectivity index (χ4n) is 3.34. The van der Waals surface area contributed by atoms with Gasteiger partial charge in [-0.25, -0.2) is 0 Å². The van der Waals surface area contributed by atoms with Gasteiger partial charge in [0.05, 0.1) is 6.10 Å². The van der Waals surface area contributed by atoms with Gasteiger partial charge in [0.15, 0.2) is 0 Å². The molecule has 2 aliphatic rings. The van der Waals surface area contributed by atoms with Gasteiger partial charge in [0.1, 0.15) is 5.54 Å². The Morgan fingerprint density at radius 3 is 2.72 bits per heavy atom. The van der Waals surface area contributed by atoms with Crippen LogP contribution in [0.2, 0.25) is 0 Å². The maximum atomic E-state index is 11.8. The average molecular weight is 254 g/mol. The van der Waals surface area contributed by atoms with E-state index in [1.165, 1.54) is 19.3 Å². The molecule has 0 heterocycles. The summed E-state index contributed by atoms with van der Waals surface area (Å²) in [5.74, 6) is 0.158. The van der Waals surface area contributed by atoms with Crippen LogP contribution in [0.15, 0.2) is 0 Å². The monoisotopic (exact) mass is 254 g/mol. The van der Waals surface area contributed by atoms with Crippen LogP contribution in [0, 0.1) is 5.92 Å². The third kappa shape index (κ3) is 2.69. The summed E-state index contributed by atoms with van der Waals surface area (Å²) in [4.78, 5) is 11.8. The van der Waals surface area contributed by atoms with Crippen molar-refractivity contribution in [1.29, 1.82) is 0 Å². The first-order chi connectivity index (χ1) is 8.69. The Morgan fingerprint density at radius 2 is 2.17 bits per heavy atom. The largest absolute Gasteiger partial charge is 0.378 e. The third-order valence-corrected chi connectivity index (χ3v) is 4.62. The minimum atomic E-state index is -0.474. The number of hydrogen-bond acceptors (Lipinski definition) is 3. The Balaban J connectivity index is 1.85. The second kappa shape index (κ2) is 6.02. The van der Waals surface area contributed by atoms with E-state index in [9.17, 15) is 4.79 Å². The molecule has 2 rings (SSSR count). The Morgan fingerprint density at radius 1 is 1.39 bits per heavy atom. The second-order valence-electron chi connectivity index (χ2n) is 5.67. The molecule has 0 aromatic heterocycles. The number of amides is 1. The molecule has 18 heavy (non-hydrogen) atoms.